The molecule has 0 atom stereocenters. The number of benzene rings is 2. The van der Waals surface area contributed by atoms with E-state index >= 15 is 0 Å². The molecule has 2 aromatic carbocycles. The van der Waals surface area contributed by atoms with Crippen molar-refractivity contribution >= 4 is 12.6 Å². The molecule has 0 heterocycles. The van der Waals surface area contributed by atoms with Gasteiger partial charge in [0.2, 0.25) is 0 Å². The van der Waals surface area contributed by atoms with Crippen molar-refractivity contribution in [1.82, 2.24) is 0 Å². The highest BCUT2D eigenvalue weighted by atomic mass is 32.1. The van der Waals surface area contributed by atoms with Crippen LogP contribution >= 0.6 is 12.6 Å². The number of rotatable bonds is 5. The standard InChI is InChI=1S/C17H20O2S/c1-17(2,20)14-8-10-15(11-9-14)19-12-13-6-4-5-7-16(13)18-3/h4-11,20H,12H2,1-3H3. The highest BCUT2D eigenvalue weighted by molar-refractivity contribution is 7.81. The molecule has 2 aromatic rings. The van der Waals surface area contributed by atoms with Gasteiger partial charge in [0.15, 0.2) is 0 Å². The molecule has 0 aliphatic heterocycles. The Bertz CT molecular complexity index is 556. The third-order valence-corrected chi connectivity index (χ3v) is 3.41. The summed E-state index contributed by atoms with van der Waals surface area (Å²) < 4.78 is 11.0. The minimum atomic E-state index is -0.138. The zero-order valence-corrected chi connectivity index (χ0v) is 13.0. The van der Waals surface area contributed by atoms with Gasteiger partial charge in [-0.3, -0.25) is 0 Å². The highest BCUT2D eigenvalue weighted by Gasteiger charge is 2.14. The Labute approximate surface area is 126 Å². The Balaban J connectivity index is 2.04. The summed E-state index contributed by atoms with van der Waals surface area (Å²) in [5.41, 5.74) is 2.21. The molecule has 0 N–H and O–H groups in total. The maximum Gasteiger partial charge on any atom is 0.125 e. The fraction of sp³-hybridized carbons (Fsp3) is 0.294. The van der Waals surface area contributed by atoms with E-state index in [1.165, 1.54) is 5.56 Å². The number of thiol groups is 1. The summed E-state index contributed by atoms with van der Waals surface area (Å²) in [6.07, 6.45) is 0. The van der Waals surface area contributed by atoms with Gasteiger partial charge in [0, 0.05) is 10.3 Å². The monoisotopic (exact) mass is 288 g/mol. The summed E-state index contributed by atoms with van der Waals surface area (Å²) in [5.74, 6) is 1.69. The van der Waals surface area contributed by atoms with Crippen molar-refractivity contribution in [2.24, 2.45) is 0 Å². The zero-order chi connectivity index (χ0) is 14.6. The molecule has 0 aliphatic rings. The van der Waals surface area contributed by atoms with Gasteiger partial charge >= 0.3 is 0 Å². The van der Waals surface area contributed by atoms with E-state index in [-0.39, 0.29) is 4.75 Å². The molecule has 3 heteroatoms. The first-order valence-electron chi connectivity index (χ1n) is 6.58. The molecule has 0 aliphatic carbocycles. The molecule has 0 radical (unpaired) electrons. The first kappa shape index (κ1) is 14.8. The predicted octanol–water partition coefficient (Wildman–Crippen LogP) is 4.44. The SMILES string of the molecule is COc1ccccc1COc1ccc(C(C)(C)S)cc1. The van der Waals surface area contributed by atoms with Gasteiger partial charge in [-0.2, -0.15) is 12.6 Å². The molecule has 2 rings (SSSR count). The van der Waals surface area contributed by atoms with E-state index in [1.54, 1.807) is 7.11 Å². The maximum atomic E-state index is 5.80. The lowest BCUT2D eigenvalue weighted by molar-refractivity contribution is 0.296. The highest BCUT2D eigenvalue weighted by Crippen LogP contribution is 2.28. The van der Waals surface area contributed by atoms with Crippen LogP contribution in [0.1, 0.15) is 25.0 Å². The van der Waals surface area contributed by atoms with Crippen molar-refractivity contribution in [2.45, 2.75) is 25.2 Å². The van der Waals surface area contributed by atoms with Crippen molar-refractivity contribution in [3.8, 4) is 11.5 Å². The molecular formula is C17H20O2S. The number of methoxy groups -OCH3 is 1. The Kier molecular flexibility index (Phi) is 4.61. The molecule has 0 saturated heterocycles. The third kappa shape index (κ3) is 3.70. The lowest BCUT2D eigenvalue weighted by Gasteiger charge is -2.18. The molecule has 0 bridgehead atoms. The minimum absolute atomic E-state index is 0.138. The van der Waals surface area contributed by atoms with Crippen LogP contribution in [0.5, 0.6) is 11.5 Å². The van der Waals surface area contributed by atoms with Crippen LogP contribution < -0.4 is 9.47 Å². The topological polar surface area (TPSA) is 18.5 Å². The van der Waals surface area contributed by atoms with Crippen LogP contribution in [0, 0.1) is 0 Å². The molecular weight excluding hydrogens is 268 g/mol. The van der Waals surface area contributed by atoms with Gasteiger partial charge in [0.1, 0.15) is 18.1 Å². The van der Waals surface area contributed by atoms with E-state index < -0.39 is 0 Å². The van der Waals surface area contributed by atoms with Crippen molar-refractivity contribution < 1.29 is 9.47 Å². The van der Waals surface area contributed by atoms with E-state index in [0.29, 0.717) is 6.61 Å². The van der Waals surface area contributed by atoms with Crippen LogP contribution in [0.15, 0.2) is 48.5 Å². The van der Waals surface area contributed by atoms with E-state index in [9.17, 15) is 0 Å². The number of ether oxygens (including phenoxy) is 2. The molecule has 0 unspecified atom stereocenters. The van der Waals surface area contributed by atoms with Crippen molar-refractivity contribution in [3.05, 3.63) is 59.7 Å². The van der Waals surface area contributed by atoms with Gasteiger partial charge in [-0.15, -0.1) is 0 Å². The second-order valence-electron chi connectivity index (χ2n) is 5.18. The van der Waals surface area contributed by atoms with Gasteiger partial charge < -0.3 is 9.47 Å². The Hall–Kier alpha value is -1.61. The van der Waals surface area contributed by atoms with Gasteiger partial charge in [-0.25, -0.2) is 0 Å². The minimum Gasteiger partial charge on any atom is -0.496 e. The van der Waals surface area contributed by atoms with Crippen LogP contribution in [0.2, 0.25) is 0 Å². The van der Waals surface area contributed by atoms with Gasteiger partial charge in [0.25, 0.3) is 0 Å². The second kappa shape index (κ2) is 6.23. The number of hydrogen-bond acceptors (Lipinski definition) is 3. The van der Waals surface area contributed by atoms with E-state index in [2.05, 4.69) is 26.5 Å². The van der Waals surface area contributed by atoms with Crippen LogP contribution in [-0.2, 0) is 11.4 Å². The van der Waals surface area contributed by atoms with Crippen LogP contribution in [0.3, 0.4) is 0 Å². The average Bonchev–Trinajstić information content (AvgIpc) is 2.45. The first-order valence-corrected chi connectivity index (χ1v) is 7.03. The van der Waals surface area contributed by atoms with Gasteiger partial charge in [-0.05, 0) is 37.6 Å². The predicted molar refractivity (Wildman–Crippen MR) is 85.8 cm³/mol. The molecule has 0 amide bonds. The lowest BCUT2D eigenvalue weighted by Crippen LogP contribution is -2.07. The third-order valence-electron chi connectivity index (χ3n) is 3.15. The lowest BCUT2D eigenvalue weighted by atomic mass is 10.0. The second-order valence-corrected chi connectivity index (χ2v) is 6.30. The first-order chi connectivity index (χ1) is 9.50. The van der Waals surface area contributed by atoms with Crippen LogP contribution in [-0.4, -0.2) is 7.11 Å². The molecule has 0 saturated carbocycles. The van der Waals surface area contributed by atoms with Gasteiger partial charge in [0.05, 0.1) is 7.11 Å². The van der Waals surface area contributed by atoms with Crippen molar-refractivity contribution in [3.63, 3.8) is 0 Å². The summed E-state index contributed by atoms with van der Waals surface area (Å²) in [6.45, 7) is 4.63. The van der Waals surface area contributed by atoms with E-state index in [4.69, 9.17) is 9.47 Å². The van der Waals surface area contributed by atoms with Crippen LogP contribution in [0.25, 0.3) is 0 Å². The summed E-state index contributed by atoms with van der Waals surface area (Å²) in [5, 5.41) is 0. The molecule has 106 valence electrons. The largest absolute Gasteiger partial charge is 0.496 e. The Morgan fingerprint density at radius 3 is 2.25 bits per heavy atom. The molecule has 0 fully saturated rings. The van der Waals surface area contributed by atoms with Crippen molar-refractivity contribution in [2.75, 3.05) is 7.11 Å². The quantitative estimate of drug-likeness (QED) is 0.820. The molecule has 0 spiro atoms. The summed E-state index contributed by atoms with van der Waals surface area (Å²) >= 11 is 4.56. The molecule has 0 aromatic heterocycles. The fourth-order valence-corrected chi connectivity index (χ4v) is 2.09. The zero-order valence-electron chi connectivity index (χ0n) is 12.1. The Morgan fingerprint density at radius 2 is 1.65 bits per heavy atom. The fourth-order valence-electron chi connectivity index (χ4n) is 1.94. The van der Waals surface area contributed by atoms with Crippen LogP contribution in [0.4, 0.5) is 0 Å². The van der Waals surface area contributed by atoms with E-state index in [0.717, 1.165) is 17.1 Å². The number of hydrogen-bond donors (Lipinski definition) is 1. The van der Waals surface area contributed by atoms with Gasteiger partial charge in [-0.1, -0.05) is 30.3 Å². The number of para-hydroxylation sites is 1. The average molecular weight is 288 g/mol. The Morgan fingerprint density at radius 1 is 1.00 bits per heavy atom. The smallest absolute Gasteiger partial charge is 0.125 e. The summed E-state index contributed by atoms with van der Waals surface area (Å²) in [4.78, 5) is 0. The summed E-state index contributed by atoms with van der Waals surface area (Å²) in [6, 6.07) is 15.9. The molecule has 20 heavy (non-hydrogen) atoms. The van der Waals surface area contributed by atoms with Crippen molar-refractivity contribution in [1.29, 1.82) is 0 Å². The summed E-state index contributed by atoms with van der Waals surface area (Å²) in [7, 11) is 1.67. The maximum absolute atomic E-state index is 5.80. The molecule has 2 nitrogen and oxygen atoms in total. The normalized spacial score (nSPS) is 11.2. The van der Waals surface area contributed by atoms with E-state index in [1.807, 2.05) is 48.5 Å².